The molecule has 1 fully saturated rings. The van der Waals surface area contributed by atoms with Crippen molar-refractivity contribution in [2.75, 3.05) is 28.6 Å². The summed E-state index contributed by atoms with van der Waals surface area (Å²) < 4.78 is 0. The fraction of sp³-hybridized carbons (Fsp3) is 0.231. The number of rotatable bonds is 7. The molecule has 0 atom stereocenters. The van der Waals surface area contributed by atoms with E-state index in [0.717, 1.165) is 48.4 Å². The van der Waals surface area contributed by atoms with Crippen molar-refractivity contribution in [3.63, 3.8) is 0 Å². The van der Waals surface area contributed by atoms with Crippen molar-refractivity contribution in [2.24, 2.45) is 5.73 Å². The maximum Gasteiger partial charge on any atom is 0.248 e. The van der Waals surface area contributed by atoms with E-state index in [4.69, 9.17) is 22.6 Å². The Morgan fingerprint density at radius 2 is 2.06 bits per heavy atom. The van der Waals surface area contributed by atoms with Crippen molar-refractivity contribution >= 4 is 46.7 Å². The molecule has 4 N–H and O–H groups in total. The van der Waals surface area contributed by atoms with E-state index in [9.17, 15) is 4.79 Å². The number of nitrogens with zero attached hydrogens (tertiary/aromatic N) is 4. The van der Waals surface area contributed by atoms with Gasteiger partial charge in [-0.15, -0.1) is 0 Å². The highest BCUT2D eigenvalue weighted by Gasteiger charge is 2.21. The Kier molecular flexibility index (Phi) is 7.48. The van der Waals surface area contributed by atoms with Gasteiger partial charge in [-0.05, 0) is 73.4 Å². The molecule has 4 rings (SSSR count). The third-order valence-electron chi connectivity index (χ3n) is 5.89. The third-order valence-corrected chi connectivity index (χ3v) is 6.19. The molecule has 9 heteroatoms. The van der Waals surface area contributed by atoms with Crippen molar-refractivity contribution in [2.45, 2.75) is 25.8 Å². The van der Waals surface area contributed by atoms with Gasteiger partial charge in [0.1, 0.15) is 5.82 Å². The van der Waals surface area contributed by atoms with Crippen LogP contribution in [0.15, 0.2) is 54.7 Å². The molecule has 3 aromatic rings. The number of halogens is 1. The molecule has 0 bridgehead atoms. The van der Waals surface area contributed by atoms with Gasteiger partial charge in [-0.25, -0.2) is 4.98 Å². The summed E-state index contributed by atoms with van der Waals surface area (Å²) in [7, 11) is 0. The Morgan fingerprint density at radius 3 is 2.77 bits per heavy atom. The van der Waals surface area contributed by atoms with E-state index in [0.29, 0.717) is 22.4 Å². The largest absolute Gasteiger partial charge is 0.371 e. The van der Waals surface area contributed by atoms with Crippen LogP contribution in [0, 0.1) is 18.3 Å². The maximum absolute atomic E-state index is 11.5. The number of allylic oxidation sites excluding steroid dienone is 1. The minimum atomic E-state index is -0.419. The number of hydrogen-bond acceptors (Lipinski definition) is 7. The Labute approximate surface area is 209 Å². The Morgan fingerprint density at radius 1 is 1.26 bits per heavy atom. The van der Waals surface area contributed by atoms with Crippen molar-refractivity contribution < 1.29 is 4.79 Å². The second-order valence-corrected chi connectivity index (χ2v) is 8.77. The highest BCUT2D eigenvalue weighted by molar-refractivity contribution is 6.33. The second-order valence-electron chi connectivity index (χ2n) is 8.37. The first-order chi connectivity index (χ1) is 16.9. The maximum atomic E-state index is 11.5. The Balaban J connectivity index is 1.38. The SMILES string of the molecule is Cc1cc(/C=C/C#N)cc(Cl)c1Nc1ccnc(NC2CCN(c3cccc(C(N)=O)c3)CC2)n1. The standard InChI is InChI=1S/C26H26ClN7O/c1-17-14-18(4-3-10-28)15-22(27)24(17)32-23-7-11-30-26(33-23)31-20-8-12-34(13-9-20)21-6-2-5-19(16-21)25(29)35/h2-7,11,14-16,20H,8-9,12-13H2,1H3,(H2,29,35)(H2,30,31,32,33)/b4-3+. The highest BCUT2D eigenvalue weighted by Crippen LogP contribution is 2.31. The summed E-state index contributed by atoms with van der Waals surface area (Å²) in [6, 6.07) is 15.2. The predicted octanol–water partition coefficient (Wildman–Crippen LogP) is 4.90. The number of amides is 1. The summed E-state index contributed by atoms with van der Waals surface area (Å²) in [4.78, 5) is 22.7. The summed E-state index contributed by atoms with van der Waals surface area (Å²) in [5, 5.41) is 16.0. The smallest absolute Gasteiger partial charge is 0.248 e. The first kappa shape index (κ1) is 24.0. The number of aromatic nitrogens is 2. The molecule has 35 heavy (non-hydrogen) atoms. The zero-order valence-corrected chi connectivity index (χ0v) is 20.1. The highest BCUT2D eigenvalue weighted by atomic mass is 35.5. The molecule has 0 radical (unpaired) electrons. The zero-order valence-electron chi connectivity index (χ0n) is 19.3. The van der Waals surface area contributed by atoms with Crippen LogP contribution < -0.4 is 21.3 Å². The topological polar surface area (TPSA) is 120 Å². The van der Waals surface area contributed by atoms with Crippen LogP contribution in [-0.4, -0.2) is 35.0 Å². The van der Waals surface area contributed by atoms with E-state index in [1.165, 1.54) is 6.08 Å². The second kappa shape index (κ2) is 10.9. The van der Waals surface area contributed by atoms with Crippen molar-refractivity contribution in [1.82, 2.24) is 9.97 Å². The number of piperidine rings is 1. The van der Waals surface area contributed by atoms with Gasteiger partial charge in [-0.2, -0.15) is 10.2 Å². The number of hydrogen-bond donors (Lipinski definition) is 3. The molecule has 1 aromatic heterocycles. The zero-order chi connectivity index (χ0) is 24.8. The molecule has 8 nitrogen and oxygen atoms in total. The number of benzene rings is 2. The molecule has 2 heterocycles. The van der Waals surface area contributed by atoms with E-state index >= 15 is 0 Å². The van der Waals surface area contributed by atoms with Crippen LogP contribution in [0.2, 0.25) is 5.02 Å². The van der Waals surface area contributed by atoms with E-state index in [1.54, 1.807) is 30.5 Å². The lowest BCUT2D eigenvalue weighted by Gasteiger charge is -2.34. The summed E-state index contributed by atoms with van der Waals surface area (Å²) in [6.07, 6.45) is 6.66. The van der Waals surface area contributed by atoms with Crippen LogP contribution >= 0.6 is 11.6 Å². The number of carbonyl (C=O) groups is 1. The molecule has 178 valence electrons. The van der Waals surface area contributed by atoms with E-state index < -0.39 is 5.91 Å². The van der Waals surface area contributed by atoms with Gasteiger partial charge in [0.15, 0.2) is 0 Å². The fourth-order valence-electron chi connectivity index (χ4n) is 4.11. The molecule has 1 saturated heterocycles. The number of nitriles is 1. The number of nitrogens with two attached hydrogens (primary N) is 1. The minimum absolute atomic E-state index is 0.234. The van der Waals surface area contributed by atoms with Gasteiger partial charge in [0.25, 0.3) is 0 Å². The van der Waals surface area contributed by atoms with Gasteiger partial charge in [0, 0.05) is 42.7 Å². The van der Waals surface area contributed by atoms with Gasteiger partial charge < -0.3 is 21.3 Å². The van der Waals surface area contributed by atoms with Crippen molar-refractivity contribution in [3.8, 4) is 6.07 Å². The van der Waals surface area contributed by atoms with Crippen LogP contribution in [0.5, 0.6) is 0 Å². The minimum Gasteiger partial charge on any atom is -0.371 e. The monoisotopic (exact) mass is 487 g/mol. The molecule has 1 aliphatic rings. The fourth-order valence-corrected chi connectivity index (χ4v) is 4.43. The average Bonchev–Trinajstić information content (AvgIpc) is 2.86. The predicted molar refractivity (Wildman–Crippen MR) is 140 cm³/mol. The van der Waals surface area contributed by atoms with Crippen molar-refractivity contribution in [3.05, 3.63) is 76.5 Å². The van der Waals surface area contributed by atoms with Crippen LogP contribution in [0.4, 0.5) is 23.1 Å². The van der Waals surface area contributed by atoms with Gasteiger partial charge in [0.05, 0.1) is 16.8 Å². The lowest BCUT2D eigenvalue weighted by atomic mass is 10.0. The molecular weight excluding hydrogens is 462 g/mol. The van der Waals surface area contributed by atoms with Crippen molar-refractivity contribution in [1.29, 1.82) is 5.26 Å². The number of nitrogens with one attached hydrogen (secondary N) is 2. The van der Waals surface area contributed by atoms with Crippen LogP contribution in [0.3, 0.4) is 0 Å². The molecule has 1 aliphatic heterocycles. The van der Waals surface area contributed by atoms with Gasteiger partial charge in [-0.1, -0.05) is 17.7 Å². The summed E-state index contributed by atoms with van der Waals surface area (Å²) in [5.74, 6) is 0.761. The van der Waals surface area contributed by atoms with E-state index in [1.807, 2.05) is 37.3 Å². The number of anilines is 4. The Hall–Kier alpha value is -4.09. The van der Waals surface area contributed by atoms with E-state index in [2.05, 4.69) is 25.5 Å². The molecular formula is C26H26ClN7O. The van der Waals surface area contributed by atoms with Crippen LogP contribution in [0.25, 0.3) is 6.08 Å². The summed E-state index contributed by atoms with van der Waals surface area (Å²) >= 11 is 6.48. The number of aryl methyl sites for hydroxylation is 1. The lowest BCUT2D eigenvalue weighted by Crippen LogP contribution is -2.39. The van der Waals surface area contributed by atoms with Gasteiger partial charge >= 0.3 is 0 Å². The number of primary amides is 1. The molecule has 1 amide bonds. The van der Waals surface area contributed by atoms with E-state index in [-0.39, 0.29) is 6.04 Å². The van der Waals surface area contributed by atoms with Crippen LogP contribution in [0.1, 0.15) is 34.3 Å². The lowest BCUT2D eigenvalue weighted by molar-refractivity contribution is 0.100. The average molecular weight is 488 g/mol. The first-order valence-electron chi connectivity index (χ1n) is 11.3. The normalized spacial score (nSPS) is 14.0. The molecule has 2 aromatic carbocycles. The molecule has 0 unspecified atom stereocenters. The van der Waals surface area contributed by atoms with Crippen LogP contribution in [-0.2, 0) is 0 Å². The molecule has 0 saturated carbocycles. The van der Waals surface area contributed by atoms with Gasteiger partial charge in [-0.3, -0.25) is 4.79 Å². The first-order valence-corrected chi connectivity index (χ1v) is 11.7. The third kappa shape index (κ3) is 6.08. The quantitative estimate of drug-likeness (QED) is 0.405. The molecule has 0 spiro atoms. The Bertz CT molecular complexity index is 1270. The molecule has 0 aliphatic carbocycles. The van der Waals surface area contributed by atoms with Gasteiger partial charge in [0.2, 0.25) is 11.9 Å². The number of carbonyl (C=O) groups excluding carboxylic acids is 1. The summed E-state index contributed by atoms with van der Waals surface area (Å²) in [5.41, 5.74) is 9.50. The summed E-state index contributed by atoms with van der Waals surface area (Å²) in [6.45, 7) is 3.64.